The van der Waals surface area contributed by atoms with Gasteiger partial charge in [0.05, 0.1) is 0 Å². The lowest BCUT2D eigenvalue weighted by Gasteiger charge is -2.43. The number of hydrogen-bond acceptors (Lipinski definition) is 5. The van der Waals surface area contributed by atoms with Crippen LogP contribution in [0.4, 0.5) is 0 Å². The number of ether oxygens (including phenoxy) is 3. The van der Waals surface area contributed by atoms with E-state index in [1.54, 1.807) is 0 Å². The highest BCUT2D eigenvalue weighted by Gasteiger charge is 2.38. The summed E-state index contributed by atoms with van der Waals surface area (Å²) in [5.74, 6) is 2.77. The SMILES string of the molecule is CC(C)(C)Cc1ccc(O[C@H]2C[C@H](NC(C)(C)CC(C)(C)Oc3ccc(O[C@H]4C[C@H](NC(C)(C)C)C4)cc3)C2)cc1. The molecular weight excluding hydrogens is 508 g/mol. The Hall–Kier alpha value is -2.24. The molecule has 0 amide bonds. The Morgan fingerprint density at radius 3 is 1.51 bits per heavy atom. The summed E-state index contributed by atoms with van der Waals surface area (Å²) in [6.07, 6.45) is 6.72. The molecule has 41 heavy (non-hydrogen) atoms. The van der Waals surface area contributed by atoms with Crippen LogP contribution in [0.3, 0.4) is 0 Å². The molecule has 5 nitrogen and oxygen atoms in total. The molecule has 2 aromatic carbocycles. The summed E-state index contributed by atoms with van der Waals surface area (Å²) in [6.45, 7) is 22.4. The maximum absolute atomic E-state index is 6.45. The molecule has 2 aliphatic rings. The van der Waals surface area contributed by atoms with Gasteiger partial charge in [0.15, 0.2) is 0 Å². The summed E-state index contributed by atoms with van der Waals surface area (Å²) < 4.78 is 18.9. The van der Waals surface area contributed by atoms with Gasteiger partial charge in [-0.25, -0.2) is 0 Å². The van der Waals surface area contributed by atoms with Crippen LogP contribution >= 0.6 is 0 Å². The van der Waals surface area contributed by atoms with Gasteiger partial charge >= 0.3 is 0 Å². The molecule has 0 aromatic heterocycles. The van der Waals surface area contributed by atoms with Crippen molar-refractivity contribution in [1.82, 2.24) is 10.6 Å². The van der Waals surface area contributed by atoms with E-state index in [1.807, 2.05) is 24.3 Å². The van der Waals surface area contributed by atoms with Crippen molar-refractivity contribution in [1.29, 1.82) is 0 Å². The van der Waals surface area contributed by atoms with Gasteiger partial charge in [-0.2, -0.15) is 0 Å². The van der Waals surface area contributed by atoms with E-state index in [9.17, 15) is 0 Å². The van der Waals surface area contributed by atoms with Crippen LogP contribution in [0.5, 0.6) is 17.2 Å². The Labute approximate surface area is 250 Å². The lowest BCUT2D eigenvalue weighted by Crippen LogP contribution is -2.56. The molecule has 0 bridgehead atoms. The van der Waals surface area contributed by atoms with Crippen molar-refractivity contribution >= 4 is 0 Å². The lowest BCUT2D eigenvalue weighted by molar-refractivity contribution is 0.0393. The first-order valence-corrected chi connectivity index (χ1v) is 15.7. The summed E-state index contributed by atoms with van der Waals surface area (Å²) in [5.41, 5.74) is 1.45. The Balaban J connectivity index is 1.17. The van der Waals surface area contributed by atoms with E-state index in [1.165, 1.54) is 5.56 Å². The van der Waals surface area contributed by atoms with Crippen molar-refractivity contribution in [2.24, 2.45) is 5.41 Å². The Bertz CT molecular complexity index is 1100. The fourth-order valence-corrected chi connectivity index (χ4v) is 6.46. The normalized spacial score (nSPS) is 23.4. The molecule has 4 rings (SSSR count). The highest BCUT2D eigenvalue weighted by atomic mass is 16.5. The molecule has 0 spiro atoms. The molecule has 0 radical (unpaired) electrons. The minimum atomic E-state index is -0.312. The van der Waals surface area contributed by atoms with Crippen LogP contribution in [0.15, 0.2) is 48.5 Å². The minimum Gasteiger partial charge on any atom is -0.490 e. The van der Waals surface area contributed by atoms with Crippen molar-refractivity contribution < 1.29 is 14.2 Å². The first-order chi connectivity index (χ1) is 18.9. The van der Waals surface area contributed by atoms with E-state index >= 15 is 0 Å². The van der Waals surface area contributed by atoms with Gasteiger partial charge in [-0.3, -0.25) is 0 Å². The second-order valence-electron chi connectivity index (χ2n) is 16.1. The molecular formula is C36H56N2O3. The fourth-order valence-electron chi connectivity index (χ4n) is 6.46. The minimum absolute atomic E-state index is 0.0569. The van der Waals surface area contributed by atoms with E-state index in [0.29, 0.717) is 23.6 Å². The average molecular weight is 565 g/mol. The topological polar surface area (TPSA) is 51.8 Å². The number of benzene rings is 2. The van der Waals surface area contributed by atoms with Gasteiger partial charge in [-0.15, -0.1) is 0 Å². The Morgan fingerprint density at radius 2 is 1.05 bits per heavy atom. The smallest absolute Gasteiger partial charge is 0.120 e. The molecule has 5 heteroatoms. The van der Waals surface area contributed by atoms with Crippen molar-refractivity contribution in [2.75, 3.05) is 0 Å². The first kappa shape index (κ1) is 31.7. The van der Waals surface area contributed by atoms with Crippen LogP contribution < -0.4 is 24.8 Å². The van der Waals surface area contributed by atoms with Crippen LogP contribution in [0, 0.1) is 5.41 Å². The van der Waals surface area contributed by atoms with Crippen LogP contribution in [0.1, 0.15) is 107 Å². The van der Waals surface area contributed by atoms with E-state index < -0.39 is 0 Å². The summed E-state index contributed by atoms with van der Waals surface area (Å²) in [6, 6.07) is 17.8. The highest BCUT2D eigenvalue weighted by molar-refractivity contribution is 5.32. The van der Waals surface area contributed by atoms with Gasteiger partial charge in [0.1, 0.15) is 35.1 Å². The maximum atomic E-state index is 6.45. The zero-order valence-electron chi connectivity index (χ0n) is 27.4. The average Bonchev–Trinajstić information content (AvgIpc) is 2.75. The van der Waals surface area contributed by atoms with Crippen molar-refractivity contribution in [3.05, 3.63) is 54.1 Å². The summed E-state index contributed by atoms with van der Waals surface area (Å²) in [5, 5.41) is 7.51. The van der Waals surface area contributed by atoms with E-state index in [0.717, 1.165) is 55.8 Å². The second kappa shape index (κ2) is 12.2. The third kappa shape index (κ3) is 10.5. The van der Waals surface area contributed by atoms with Crippen molar-refractivity contribution in [2.45, 2.75) is 149 Å². The van der Waals surface area contributed by atoms with Gasteiger partial charge < -0.3 is 24.8 Å². The summed E-state index contributed by atoms with van der Waals surface area (Å²) in [4.78, 5) is 0. The third-order valence-corrected chi connectivity index (χ3v) is 7.77. The van der Waals surface area contributed by atoms with E-state index in [2.05, 4.69) is 104 Å². The zero-order chi connectivity index (χ0) is 30.1. The monoisotopic (exact) mass is 564 g/mol. The number of rotatable bonds is 12. The lowest BCUT2D eigenvalue weighted by atomic mass is 9.83. The Morgan fingerprint density at radius 1 is 0.610 bits per heavy atom. The molecule has 2 aromatic rings. The fraction of sp³-hybridized carbons (Fsp3) is 0.667. The maximum Gasteiger partial charge on any atom is 0.120 e. The van der Waals surface area contributed by atoms with Crippen LogP contribution in [-0.2, 0) is 6.42 Å². The number of hydrogen-bond donors (Lipinski definition) is 2. The molecule has 0 saturated heterocycles. The standard InChI is InChI=1S/C36H56N2O3/c1-33(2,3)23-25-11-13-28(14-12-25)39-32-21-27(22-32)38-35(7,8)24-36(9,10)41-30-17-15-29(16-18-30)40-31-19-26(20-31)37-34(4,5)6/h11-18,26-27,31-32,37-38H,19-24H2,1-10H3/t26-,27-,31-,32-. The Kier molecular flexibility index (Phi) is 9.40. The molecule has 228 valence electrons. The highest BCUT2D eigenvalue weighted by Crippen LogP contribution is 2.33. The first-order valence-electron chi connectivity index (χ1n) is 15.7. The molecule has 2 aliphatic carbocycles. The number of nitrogens with one attached hydrogen (secondary N) is 2. The zero-order valence-corrected chi connectivity index (χ0v) is 27.4. The molecule has 0 atom stereocenters. The van der Waals surface area contributed by atoms with Crippen LogP contribution in [0.2, 0.25) is 0 Å². The largest absolute Gasteiger partial charge is 0.490 e. The summed E-state index contributed by atoms with van der Waals surface area (Å²) in [7, 11) is 0. The van der Waals surface area contributed by atoms with Crippen molar-refractivity contribution in [3.8, 4) is 17.2 Å². The van der Waals surface area contributed by atoms with Gasteiger partial charge in [0, 0.05) is 29.6 Å². The molecule has 2 N–H and O–H groups in total. The van der Waals surface area contributed by atoms with Gasteiger partial charge in [-0.05, 0) is 128 Å². The molecule has 2 fully saturated rings. The molecule has 0 heterocycles. The molecule has 0 unspecified atom stereocenters. The second-order valence-corrected chi connectivity index (χ2v) is 16.1. The van der Waals surface area contributed by atoms with Gasteiger partial charge in [-0.1, -0.05) is 32.9 Å². The third-order valence-electron chi connectivity index (χ3n) is 7.77. The van der Waals surface area contributed by atoms with Crippen LogP contribution in [-0.4, -0.2) is 41.0 Å². The van der Waals surface area contributed by atoms with Crippen LogP contribution in [0.25, 0.3) is 0 Å². The van der Waals surface area contributed by atoms with Gasteiger partial charge in [0.2, 0.25) is 0 Å². The summed E-state index contributed by atoms with van der Waals surface area (Å²) >= 11 is 0. The van der Waals surface area contributed by atoms with Crippen molar-refractivity contribution in [3.63, 3.8) is 0 Å². The predicted molar refractivity (Wildman–Crippen MR) is 170 cm³/mol. The molecule has 0 aliphatic heterocycles. The van der Waals surface area contributed by atoms with Gasteiger partial charge in [0.25, 0.3) is 0 Å². The predicted octanol–water partition coefficient (Wildman–Crippen LogP) is 8.10. The quantitative estimate of drug-likeness (QED) is 0.273. The van der Waals surface area contributed by atoms with E-state index in [4.69, 9.17) is 14.2 Å². The van der Waals surface area contributed by atoms with E-state index in [-0.39, 0.29) is 22.8 Å². The molecule has 2 saturated carbocycles.